The van der Waals surface area contributed by atoms with Gasteiger partial charge in [0.2, 0.25) is 0 Å². The van der Waals surface area contributed by atoms with Gasteiger partial charge < -0.3 is 8.98 Å². The number of hydrogen-bond acceptors (Lipinski definition) is 4. The summed E-state index contributed by atoms with van der Waals surface area (Å²) < 4.78 is 9.26. The normalized spacial score (nSPS) is 11.7. The Balaban J connectivity index is 1.15. The van der Waals surface area contributed by atoms with Gasteiger partial charge >= 0.3 is 0 Å². The maximum Gasteiger partial charge on any atom is 0.164 e. The molecule has 0 aliphatic rings. The highest BCUT2D eigenvalue weighted by atomic mass is 16.3. The largest absolute Gasteiger partial charge is 0.455 e. The average molecular weight is 691 g/mol. The standard InChI is InChI=1S/C49H30N4O/c1-4-14-31(15-5-1)34-24-27-43-40(28-34)38-22-12-13-23-42(38)53(43)36-25-26-39-44(30-36)54-46-37-21-11-10-20-35(37)29-41(45(39)46)49-51-47(32-16-6-2-7-17-32)50-48(52-49)33-18-8-3-9-19-33/h1-30H. The predicted molar refractivity (Wildman–Crippen MR) is 221 cm³/mol. The van der Waals surface area contributed by atoms with Crippen LogP contribution in [0.1, 0.15) is 0 Å². The third-order valence-electron chi connectivity index (χ3n) is 10.4. The zero-order valence-electron chi connectivity index (χ0n) is 29.0. The minimum Gasteiger partial charge on any atom is -0.455 e. The lowest BCUT2D eigenvalue weighted by Gasteiger charge is -2.11. The Hall–Kier alpha value is -7.37. The van der Waals surface area contributed by atoms with E-state index in [1.165, 1.54) is 21.9 Å². The summed E-state index contributed by atoms with van der Waals surface area (Å²) in [5.74, 6) is 1.84. The van der Waals surface area contributed by atoms with Gasteiger partial charge in [0.1, 0.15) is 11.2 Å². The molecule has 5 heteroatoms. The molecule has 0 spiro atoms. The van der Waals surface area contributed by atoms with Gasteiger partial charge in [-0.15, -0.1) is 0 Å². The number of fused-ring (bicyclic) bond motifs is 8. The summed E-state index contributed by atoms with van der Waals surface area (Å²) in [6.45, 7) is 0. The van der Waals surface area contributed by atoms with Crippen LogP contribution in [-0.2, 0) is 0 Å². The SMILES string of the molecule is c1ccc(-c2ccc3c(c2)c2ccccc2n3-c2ccc3c(c2)oc2c4ccccc4cc(-c4nc(-c5ccccc5)nc(-c5ccccc5)n4)c32)cc1. The second-order valence-corrected chi connectivity index (χ2v) is 13.6. The number of nitrogens with zero attached hydrogens (tertiary/aromatic N) is 4. The van der Waals surface area contributed by atoms with Crippen LogP contribution in [0.3, 0.4) is 0 Å². The molecule has 0 aliphatic heterocycles. The van der Waals surface area contributed by atoms with Gasteiger partial charge in [-0.3, -0.25) is 0 Å². The molecule has 11 rings (SSSR count). The molecule has 0 fully saturated rings. The van der Waals surface area contributed by atoms with Crippen molar-refractivity contribution >= 4 is 54.5 Å². The van der Waals surface area contributed by atoms with Crippen LogP contribution >= 0.6 is 0 Å². The Morgan fingerprint density at radius 3 is 1.70 bits per heavy atom. The van der Waals surface area contributed by atoms with Crippen LogP contribution in [0.15, 0.2) is 186 Å². The Labute approximate surface area is 310 Å². The lowest BCUT2D eigenvalue weighted by molar-refractivity contribution is 0.672. The summed E-state index contributed by atoms with van der Waals surface area (Å²) in [4.78, 5) is 15.2. The van der Waals surface area contributed by atoms with Gasteiger partial charge in [0.05, 0.1) is 11.0 Å². The lowest BCUT2D eigenvalue weighted by Crippen LogP contribution is -2.00. The molecule has 252 valence electrons. The van der Waals surface area contributed by atoms with Gasteiger partial charge in [-0.25, -0.2) is 15.0 Å². The predicted octanol–water partition coefficient (Wildman–Crippen LogP) is 12.7. The monoisotopic (exact) mass is 690 g/mol. The summed E-state index contributed by atoms with van der Waals surface area (Å²) in [5, 5.41) is 6.50. The van der Waals surface area contributed by atoms with Crippen molar-refractivity contribution in [2.24, 2.45) is 0 Å². The van der Waals surface area contributed by atoms with Crippen molar-refractivity contribution in [1.82, 2.24) is 19.5 Å². The summed E-state index contributed by atoms with van der Waals surface area (Å²) in [6, 6.07) is 63.3. The molecule has 0 saturated heterocycles. The molecule has 8 aromatic carbocycles. The van der Waals surface area contributed by atoms with Crippen molar-refractivity contribution < 1.29 is 4.42 Å². The molecule has 0 atom stereocenters. The van der Waals surface area contributed by atoms with Crippen LogP contribution in [-0.4, -0.2) is 19.5 Å². The topological polar surface area (TPSA) is 56.7 Å². The van der Waals surface area contributed by atoms with Crippen molar-refractivity contribution in [3.63, 3.8) is 0 Å². The Morgan fingerprint density at radius 1 is 0.389 bits per heavy atom. The Bertz CT molecular complexity index is 3140. The fourth-order valence-electron chi connectivity index (χ4n) is 7.91. The second-order valence-electron chi connectivity index (χ2n) is 13.6. The minimum absolute atomic E-state index is 0.599. The van der Waals surface area contributed by atoms with Crippen LogP contribution < -0.4 is 0 Å². The second kappa shape index (κ2) is 12.1. The van der Waals surface area contributed by atoms with E-state index in [1.807, 2.05) is 60.7 Å². The summed E-state index contributed by atoms with van der Waals surface area (Å²) in [6.07, 6.45) is 0. The first-order chi connectivity index (χ1) is 26.8. The molecule has 0 radical (unpaired) electrons. The molecule has 54 heavy (non-hydrogen) atoms. The van der Waals surface area contributed by atoms with Gasteiger partial charge in [-0.1, -0.05) is 140 Å². The van der Waals surface area contributed by atoms with Crippen molar-refractivity contribution in [2.45, 2.75) is 0 Å². The van der Waals surface area contributed by atoms with Crippen molar-refractivity contribution in [3.05, 3.63) is 182 Å². The fourth-order valence-corrected chi connectivity index (χ4v) is 7.91. The Kier molecular flexibility index (Phi) is 6.79. The molecule has 5 nitrogen and oxygen atoms in total. The van der Waals surface area contributed by atoms with Crippen molar-refractivity contribution in [3.8, 4) is 51.0 Å². The lowest BCUT2D eigenvalue weighted by atomic mass is 9.99. The van der Waals surface area contributed by atoms with E-state index in [0.717, 1.165) is 66.1 Å². The third kappa shape index (κ3) is 4.83. The first-order valence-corrected chi connectivity index (χ1v) is 18.1. The van der Waals surface area contributed by atoms with Crippen LogP contribution in [0.25, 0.3) is 105 Å². The van der Waals surface area contributed by atoms with Crippen molar-refractivity contribution in [1.29, 1.82) is 0 Å². The van der Waals surface area contributed by atoms with Gasteiger partial charge in [0.15, 0.2) is 17.5 Å². The first-order valence-electron chi connectivity index (χ1n) is 18.1. The Morgan fingerprint density at radius 2 is 0.981 bits per heavy atom. The molecule has 11 aromatic rings. The molecule has 0 unspecified atom stereocenters. The van der Waals surface area contributed by atoms with E-state index in [-0.39, 0.29) is 0 Å². The zero-order chi connectivity index (χ0) is 35.6. The zero-order valence-corrected chi connectivity index (χ0v) is 29.0. The van der Waals surface area contributed by atoms with E-state index in [0.29, 0.717) is 17.5 Å². The van der Waals surface area contributed by atoms with E-state index in [2.05, 4.69) is 126 Å². The van der Waals surface area contributed by atoms with E-state index < -0.39 is 0 Å². The van der Waals surface area contributed by atoms with Gasteiger partial charge in [0.25, 0.3) is 0 Å². The number of hydrogen-bond donors (Lipinski definition) is 0. The fraction of sp³-hybridized carbons (Fsp3) is 0. The van der Waals surface area contributed by atoms with E-state index in [1.54, 1.807) is 0 Å². The maximum atomic E-state index is 6.91. The third-order valence-corrected chi connectivity index (χ3v) is 10.4. The number of aromatic nitrogens is 4. The molecular formula is C49H30N4O. The van der Waals surface area contributed by atoms with Crippen LogP contribution in [0.5, 0.6) is 0 Å². The van der Waals surface area contributed by atoms with Gasteiger partial charge in [-0.2, -0.15) is 0 Å². The number of furan rings is 1. The molecule has 0 N–H and O–H groups in total. The highest BCUT2D eigenvalue weighted by Gasteiger charge is 2.21. The quantitative estimate of drug-likeness (QED) is 0.180. The van der Waals surface area contributed by atoms with Gasteiger partial charge in [0, 0.05) is 55.4 Å². The van der Waals surface area contributed by atoms with E-state index in [4.69, 9.17) is 19.4 Å². The molecular weight excluding hydrogens is 661 g/mol. The van der Waals surface area contributed by atoms with Gasteiger partial charge in [-0.05, 0) is 52.9 Å². The molecule has 0 amide bonds. The highest BCUT2D eigenvalue weighted by Crippen LogP contribution is 2.42. The van der Waals surface area contributed by atoms with E-state index in [9.17, 15) is 0 Å². The number of para-hydroxylation sites is 1. The van der Waals surface area contributed by atoms with Crippen LogP contribution in [0.4, 0.5) is 0 Å². The molecule has 0 bridgehead atoms. The molecule has 0 saturated carbocycles. The smallest absolute Gasteiger partial charge is 0.164 e. The number of benzene rings is 8. The first kappa shape index (κ1) is 30.3. The van der Waals surface area contributed by atoms with Crippen molar-refractivity contribution in [2.75, 3.05) is 0 Å². The summed E-state index contributed by atoms with van der Waals surface area (Å²) >= 11 is 0. The summed E-state index contributed by atoms with van der Waals surface area (Å²) in [7, 11) is 0. The van der Waals surface area contributed by atoms with E-state index >= 15 is 0 Å². The molecule has 3 heterocycles. The molecule has 0 aliphatic carbocycles. The maximum absolute atomic E-state index is 6.91. The minimum atomic E-state index is 0.599. The summed E-state index contributed by atoms with van der Waals surface area (Å²) in [5.41, 5.74) is 10.1. The van der Waals surface area contributed by atoms with Crippen LogP contribution in [0, 0.1) is 0 Å². The van der Waals surface area contributed by atoms with Crippen LogP contribution in [0.2, 0.25) is 0 Å². The molecule has 3 aromatic heterocycles. The highest BCUT2D eigenvalue weighted by molar-refractivity contribution is 6.21. The average Bonchev–Trinajstić information content (AvgIpc) is 3.80. The number of rotatable bonds is 5.